The fourth-order valence-electron chi connectivity index (χ4n) is 3.32. The monoisotopic (exact) mass is 291 g/mol. The number of hydrogen-bond acceptors (Lipinski definition) is 3. The molecule has 2 fully saturated rings. The second-order valence-corrected chi connectivity index (χ2v) is 10.7. The van der Waals surface area contributed by atoms with Crippen molar-refractivity contribution in [3.8, 4) is 0 Å². The normalized spacial score (nSPS) is 25.2. The van der Waals surface area contributed by atoms with E-state index in [1.165, 1.54) is 0 Å². The summed E-state index contributed by atoms with van der Waals surface area (Å²) in [4.78, 5) is 1.90. The lowest BCUT2D eigenvalue weighted by molar-refractivity contribution is 0.0587. The molecule has 3 nitrogen and oxygen atoms in total. The average molecular weight is 291 g/mol. The number of halogens is 1. The van der Waals surface area contributed by atoms with Gasteiger partial charge in [-0.15, -0.1) is 0 Å². The Labute approximate surface area is 116 Å². The van der Waals surface area contributed by atoms with Gasteiger partial charge in [0.15, 0.2) is 9.84 Å². The van der Waals surface area contributed by atoms with Crippen LogP contribution >= 0.6 is 0 Å². The molecule has 1 saturated heterocycles. The highest BCUT2D eigenvalue weighted by Crippen LogP contribution is 2.58. The van der Waals surface area contributed by atoms with Crippen LogP contribution in [-0.4, -0.2) is 48.6 Å². The molecule has 2 aliphatic rings. The maximum absolute atomic E-state index is 13.0. The van der Waals surface area contributed by atoms with E-state index in [4.69, 9.17) is 0 Å². The number of sulfone groups is 1. The van der Waals surface area contributed by atoms with E-state index < -0.39 is 25.5 Å². The smallest absolute Gasteiger partial charge is 0.162 e. The van der Waals surface area contributed by atoms with Crippen LogP contribution in [0.25, 0.3) is 0 Å². The number of nitrogens with zero attached hydrogens (tertiary/aromatic N) is 1. The van der Waals surface area contributed by atoms with E-state index in [1.807, 2.05) is 25.7 Å². The molecule has 5 heteroatoms. The summed E-state index contributed by atoms with van der Waals surface area (Å²) in [7, 11) is -3.24. The molecular weight excluding hydrogens is 265 g/mol. The zero-order valence-corrected chi connectivity index (χ0v) is 13.5. The molecule has 19 heavy (non-hydrogen) atoms. The van der Waals surface area contributed by atoms with Gasteiger partial charge >= 0.3 is 0 Å². The van der Waals surface area contributed by atoms with Gasteiger partial charge in [-0.3, -0.25) is 4.90 Å². The Morgan fingerprint density at radius 1 is 1.16 bits per heavy atom. The average Bonchev–Trinajstić information content (AvgIpc) is 2.93. The Hall–Kier alpha value is -0.160. The SMILES string of the molecule is CC(C)(C)C1(S(=O)(=O)C(C)(C)CN2CC(F)C2)CC1. The molecule has 0 amide bonds. The first-order valence-corrected chi connectivity index (χ1v) is 8.52. The predicted molar refractivity (Wildman–Crippen MR) is 75.8 cm³/mol. The number of rotatable bonds is 4. The molecule has 0 radical (unpaired) electrons. The van der Waals surface area contributed by atoms with E-state index in [9.17, 15) is 12.8 Å². The summed E-state index contributed by atoms with van der Waals surface area (Å²) in [5, 5.41) is 0. The molecule has 112 valence electrons. The Kier molecular flexibility index (Phi) is 3.34. The van der Waals surface area contributed by atoms with E-state index in [0.717, 1.165) is 12.8 Å². The Morgan fingerprint density at radius 3 is 1.95 bits per heavy atom. The van der Waals surface area contributed by atoms with Crippen molar-refractivity contribution in [2.45, 2.75) is 63.1 Å². The minimum Gasteiger partial charge on any atom is -0.296 e. The zero-order valence-electron chi connectivity index (χ0n) is 12.7. The maximum atomic E-state index is 13.0. The van der Waals surface area contributed by atoms with Gasteiger partial charge in [-0.25, -0.2) is 12.8 Å². The molecule has 1 heterocycles. The fourth-order valence-corrected chi connectivity index (χ4v) is 6.18. The Balaban J connectivity index is 2.19. The van der Waals surface area contributed by atoms with Crippen molar-refractivity contribution in [2.75, 3.05) is 19.6 Å². The van der Waals surface area contributed by atoms with Gasteiger partial charge in [-0.2, -0.15) is 0 Å². The molecule has 0 bridgehead atoms. The van der Waals surface area contributed by atoms with E-state index in [0.29, 0.717) is 19.6 Å². The fraction of sp³-hybridized carbons (Fsp3) is 1.00. The highest BCUT2D eigenvalue weighted by Gasteiger charge is 2.65. The van der Waals surface area contributed by atoms with Gasteiger partial charge in [0, 0.05) is 19.6 Å². The summed E-state index contributed by atoms with van der Waals surface area (Å²) in [5.41, 5.74) is -0.235. The van der Waals surface area contributed by atoms with Gasteiger partial charge in [0.2, 0.25) is 0 Å². The van der Waals surface area contributed by atoms with Crippen LogP contribution in [0.5, 0.6) is 0 Å². The van der Waals surface area contributed by atoms with Crippen LogP contribution in [0.4, 0.5) is 4.39 Å². The zero-order chi connectivity index (χ0) is 14.7. The quantitative estimate of drug-likeness (QED) is 0.798. The van der Waals surface area contributed by atoms with Gasteiger partial charge in [0.1, 0.15) is 6.17 Å². The van der Waals surface area contributed by atoms with E-state index in [1.54, 1.807) is 13.8 Å². The van der Waals surface area contributed by atoms with Crippen molar-refractivity contribution >= 4 is 9.84 Å². The minimum atomic E-state index is -3.24. The van der Waals surface area contributed by atoms with Crippen LogP contribution in [0, 0.1) is 5.41 Å². The summed E-state index contributed by atoms with van der Waals surface area (Å²) >= 11 is 0. The lowest BCUT2D eigenvalue weighted by atomic mass is 9.89. The number of hydrogen-bond donors (Lipinski definition) is 0. The first kappa shape index (κ1) is 15.2. The first-order chi connectivity index (χ1) is 8.43. The summed E-state index contributed by atoms with van der Waals surface area (Å²) in [5.74, 6) is 0. The van der Waals surface area contributed by atoms with Crippen LogP contribution in [0.3, 0.4) is 0 Å². The third kappa shape index (κ3) is 2.23. The molecule has 0 N–H and O–H groups in total. The topological polar surface area (TPSA) is 37.4 Å². The molecule has 0 spiro atoms. The largest absolute Gasteiger partial charge is 0.296 e. The predicted octanol–water partition coefficient (Wildman–Crippen LogP) is 2.41. The molecule has 1 aliphatic carbocycles. The lowest BCUT2D eigenvalue weighted by Gasteiger charge is -2.43. The minimum absolute atomic E-state index is 0.235. The van der Waals surface area contributed by atoms with Crippen LogP contribution in [0.1, 0.15) is 47.5 Å². The maximum Gasteiger partial charge on any atom is 0.162 e. The van der Waals surface area contributed by atoms with Crippen LogP contribution in [-0.2, 0) is 9.84 Å². The van der Waals surface area contributed by atoms with Crippen molar-refractivity contribution in [1.29, 1.82) is 0 Å². The number of likely N-dealkylation sites (tertiary alicyclic amines) is 1. The molecule has 0 atom stereocenters. The molecule has 0 unspecified atom stereocenters. The van der Waals surface area contributed by atoms with E-state index in [-0.39, 0.29) is 5.41 Å². The second-order valence-electron chi connectivity index (χ2n) is 7.80. The molecule has 1 saturated carbocycles. The summed E-state index contributed by atoms with van der Waals surface area (Å²) in [6.45, 7) is 10.8. The molecule has 0 aromatic heterocycles. The van der Waals surface area contributed by atoms with Gasteiger partial charge in [0.25, 0.3) is 0 Å². The lowest BCUT2D eigenvalue weighted by Crippen LogP contribution is -2.58. The van der Waals surface area contributed by atoms with Crippen molar-refractivity contribution in [3.05, 3.63) is 0 Å². The summed E-state index contributed by atoms with van der Waals surface area (Å²) in [6, 6.07) is 0. The molecule has 0 aromatic carbocycles. The second kappa shape index (κ2) is 4.17. The van der Waals surface area contributed by atoms with Gasteiger partial charge in [0.05, 0.1) is 9.49 Å². The van der Waals surface area contributed by atoms with Crippen LogP contribution in [0.15, 0.2) is 0 Å². The van der Waals surface area contributed by atoms with Crippen molar-refractivity contribution in [1.82, 2.24) is 4.90 Å². The summed E-state index contributed by atoms with van der Waals surface area (Å²) in [6.07, 6.45) is 0.734. The van der Waals surface area contributed by atoms with E-state index >= 15 is 0 Å². The Bertz CT molecular complexity index is 454. The van der Waals surface area contributed by atoms with Crippen LogP contribution in [0.2, 0.25) is 0 Å². The van der Waals surface area contributed by atoms with Crippen LogP contribution < -0.4 is 0 Å². The van der Waals surface area contributed by atoms with E-state index in [2.05, 4.69) is 0 Å². The van der Waals surface area contributed by atoms with Gasteiger partial charge < -0.3 is 0 Å². The third-order valence-corrected chi connectivity index (χ3v) is 8.46. The standard InChI is InChI=1S/C14H26FNO2S/c1-12(2,3)14(6-7-14)19(17,18)13(4,5)10-16-8-11(15)9-16/h11H,6-10H2,1-5H3. The van der Waals surface area contributed by atoms with Crippen molar-refractivity contribution < 1.29 is 12.8 Å². The van der Waals surface area contributed by atoms with Gasteiger partial charge in [-0.1, -0.05) is 20.8 Å². The van der Waals surface area contributed by atoms with Crippen molar-refractivity contribution in [3.63, 3.8) is 0 Å². The number of alkyl halides is 1. The van der Waals surface area contributed by atoms with Crippen molar-refractivity contribution in [2.24, 2.45) is 5.41 Å². The highest BCUT2D eigenvalue weighted by atomic mass is 32.2. The Morgan fingerprint density at radius 2 is 1.63 bits per heavy atom. The molecule has 2 rings (SSSR count). The highest BCUT2D eigenvalue weighted by molar-refractivity contribution is 7.94. The third-order valence-electron chi connectivity index (χ3n) is 4.83. The summed E-state index contributed by atoms with van der Waals surface area (Å²) < 4.78 is 37.5. The van der Waals surface area contributed by atoms with Gasteiger partial charge in [-0.05, 0) is 32.1 Å². The molecular formula is C14H26FNO2S. The molecule has 1 aliphatic heterocycles. The molecule has 0 aromatic rings. The first-order valence-electron chi connectivity index (χ1n) is 7.04.